The van der Waals surface area contributed by atoms with Gasteiger partial charge in [-0.05, 0) is 56.2 Å². The third kappa shape index (κ3) is 6.16. The van der Waals surface area contributed by atoms with Crippen LogP contribution in [-0.4, -0.2) is 49.9 Å². The maximum Gasteiger partial charge on any atom is 0.303 e. The lowest BCUT2D eigenvalue weighted by Crippen LogP contribution is -2.35. The van der Waals surface area contributed by atoms with Gasteiger partial charge in [-0.3, -0.25) is 4.79 Å². The monoisotopic (exact) mass is 448 g/mol. The van der Waals surface area contributed by atoms with Crippen LogP contribution in [0.2, 0.25) is 0 Å². The molecule has 32 heavy (non-hydrogen) atoms. The van der Waals surface area contributed by atoms with Crippen molar-refractivity contribution in [1.82, 2.24) is 0 Å². The van der Waals surface area contributed by atoms with Crippen molar-refractivity contribution in [3.8, 4) is 0 Å². The van der Waals surface area contributed by atoms with E-state index in [0.717, 1.165) is 19.3 Å². The number of carboxylic acids is 1. The van der Waals surface area contributed by atoms with E-state index < -0.39 is 17.6 Å². The molecule has 0 aromatic heterocycles. The quantitative estimate of drug-likeness (QED) is 0.334. The van der Waals surface area contributed by atoms with Crippen molar-refractivity contribution in [2.75, 3.05) is 31.7 Å². The fraction of sp³-hybridized carbons (Fsp3) is 0.500. The molecule has 1 heterocycles. The molecule has 0 bridgehead atoms. The molecule has 8 heteroatoms. The molecule has 2 aliphatic rings. The largest absolute Gasteiger partial charge is 0.481 e. The van der Waals surface area contributed by atoms with Gasteiger partial charge in [-0.1, -0.05) is 12.7 Å². The van der Waals surface area contributed by atoms with Crippen LogP contribution in [0.1, 0.15) is 44.1 Å². The number of nitrogens with zero attached hydrogens (tertiary/aromatic N) is 2. The molecule has 2 fully saturated rings. The maximum absolute atomic E-state index is 15.0. The molecule has 1 saturated carbocycles. The van der Waals surface area contributed by atoms with Crippen molar-refractivity contribution in [2.24, 2.45) is 10.9 Å². The summed E-state index contributed by atoms with van der Waals surface area (Å²) in [5.74, 6) is -1.83. The first-order valence-electron chi connectivity index (χ1n) is 10.9. The average molecular weight is 449 g/mol. The minimum absolute atomic E-state index is 0.0282. The van der Waals surface area contributed by atoms with Crippen molar-refractivity contribution >= 4 is 23.3 Å². The molecule has 0 unspecified atom stereocenters. The Balaban J connectivity index is 1.81. The first-order chi connectivity index (χ1) is 15.4. The van der Waals surface area contributed by atoms with Gasteiger partial charge in [-0.25, -0.2) is 13.8 Å². The number of hydrogen-bond acceptors (Lipinski definition) is 5. The lowest BCUT2D eigenvalue weighted by molar-refractivity contribution is -0.138. The first-order valence-corrected chi connectivity index (χ1v) is 10.9. The van der Waals surface area contributed by atoms with Crippen molar-refractivity contribution in [1.29, 1.82) is 0 Å². The van der Waals surface area contributed by atoms with E-state index in [1.54, 1.807) is 11.0 Å². The highest BCUT2D eigenvalue weighted by molar-refractivity contribution is 5.85. The number of halogens is 2. The number of anilines is 1. The van der Waals surface area contributed by atoms with Crippen LogP contribution in [0, 0.1) is 17.6 Å². The van der Waals surface area contributed by atoms with Crippen molar-refractivity contribution < 1.29 is 28.2 Å². The van der Waals surface area contributed by atoms with Crippen LogP contribution in [0.25, 0.3) is 5.70 Å². The van der Waals surface area contributed by atoms with Gasteiger partial charge in [0.2, 0.25) is 5.90 Å². The Labute approximate surface area is 187 Å². The summed E-state index contributed by atoms with van der Waals surface area (Å²) in [7, 11) is 1.53. The third-order valence-corrected chi connectivity index (χ3v) is 5.85. The van der Waals surface area contributed by atoms with E-state index in [9.17, 15) is 4.79 Å². The summed E-state index contributed by atoms with van der Waals surface area (Å²) in [4.78, 5) is 17.0. The Morgan fingerprint density at radius 1 is 1.25 bits per heavy atom. The molecule has 3 rings (SSSR count). The topological polar surface area (TPSA) is 71.4 Å². The predicted octanol–water partition coefficient (Wildman–Crippen LogP) is 4.80. The standard InChI is InChI=1S/C24H30F2N2O4/c1-3-5-21(27-22(15-31-2)32-18-6-4-7-18)17-13-19(25)24(20(26)14-17)28-10-8-16(9-11-28)12-23(29)30/h3,5,13-14,16,18H,1,4,6-12,15H2,2H3,(H,29,30)/b21-5-,27-22?. The Morgan fingerprint density at radius 2 is 1.91 bits per heavy atom. The lowest BCUT2D eigenvalue weighted by atomic mass is 9.93. The molecule has 174 valence electrons. The van der Waals surface area contributed by atoms with Gasteiger partial charge >= 0.3 is 5.97 Å². The molecule has 1 aliphatic carbocycles. The zero-order valence-corrected chi connectivity index (χ0v) is 18.4. The molecule has 6 nitrogen and oxygen atoms in total. The van der Waals surface area contributed by atoms with E-state index in [1.807, 2.05) is 0 Å². The molecule has 0 spiro atoms. The number of aliphatic carboxylic acids is 1. The minimum atomic E-state index is -0.846. The van der Waals surface area contributed by atoms with Gasteiger partial charge in [0.05, 0.1) is 5.70 Å². The number of rotatable bonds is 9. The number of ether oxygens (including phenoxy) is 2. The summed E-state index contributed by atoms with van der Waals surface area (Å²) >= 11 is 0. The Morgan fingerprint density at radius 3 is 2.41 bits per heavy atom. The fourth-order valence-electron chi connectivity index (χ4n) is 3.96. The number of piperidine rings is 1. The van der Waals surface area contributed by atoms with Crippen LogP contribution in [0.15, 0.2) is 35.9 Å². The first kappa shape index (κ1) is 23.9. The Kier molecular flexibility index (Phi) is 8.39. The second kappa shape index (κ2) is 11.2. The fourth-order valence-corrected chi connectivity index (χ4v) is 3.96. The second-order valence-electron chi connectivity index (χ2n) is 8.21. The third-order valence-electron chi connectivity index (χ3n) is 5.85. The van der Waals surface area contributed by atoms with Crippen LogP contribution in [0.5, 0.6) is 0 Å². The molecule has 1 N–H and O–H groups in total. The molecular weight excluding hydrogens is 418 g/mol. The van der Waals surface area contributed by atoms with Crippen LogP contribution in [0.4, 0.5) is 14.5 Å². The number of carboxylic acid groups (broad SMARTS) is 1. The van der Waals surface area contributed by atoms with Gasteiger partial charge < -0.3 is 19.5 Å². The number of allylic oxidation sites excluding steroid dienone is 2. The summed E-state index contributed by atoms with van der Waals surface area (Å²) in [5, 5.41) is 8.95. The summed E-state index contributed by atoms with van der Waals surface area (Å²) < 4.78 is 41.1. The zero-order chi connectivity index (χ0) is 23.1. The van der Waals surface area contributed by atoms with E-state index >= 15 is 8.78 Å². The van der Waals surface area contributed by atoms with Crippen LogP contribution >= 0.6 is 0 Å². The molecule has 1 aromatic carbocycles. The average Bonchev–Trinajstić information content (AvgIpc) is 2.70. The number of hydrogen-bond donors (Lipinski definition) is 1. The van der Waals surface area contributed by atoms with Gasteiger partial charge in [-0.15, -0.1) is 0 Å². The number of aliphatic imine (C=N–C) groups is 1. The molecule has 1 aromatic rings. The van der Waals surface area contributed by atoms with E-state index in [0.29, 0.717) is 37.5 Å². The maximum atomic E-state index is 15.0. The summed E-state index contributed by atoms with van der Waals surface area (Å²) in [5.41, 5.74) is 0.512. The summed E-state index contributed by atoms with van der Waals surface area (Å²) in [6.45, 7) is 4.64. The predicted molar refractivity (Wildman–Crippen MR) is 120 cm³/mol. The van der Waals surface area contributed by atoms with Gasteiger partial charge in [0, 0.05) is 32.2 Å². The van der Waals surface area contributed by atoms with Crippen LogP contribution in [0.3, 0.4) is 0 Å². The molecule has 0 radical (unpaired) electrons. The van der Waals surface area contributed by atoms with Crippen molar-refractivity contribution in [3.05, 3.63) is 48.1 Å². The van der Waals surface area contributed by atoms with Crippen molar-refractivity contribution in [2.45, 2.75) is 44.6 Å². The Hall–Kier alpha value is -2.74. The SMILES string of the molecule is C=C/C=C(\N=C(COC)OC1CCC1)c1cc(F)c(N2CCC(CC(=O)O)CC2)c(F)c1. The highest BCUT2D eigenvalue weighted by Crippen LogP contribution is 2.32. The van der Waals surface area contributed by atoms with Gasteiger partial charge in [0.25, 0.3) is 0 Å². The highest BCUT2D eigenvalue weighted by atomic mass is 19.1. The van der Waals surface area contributed by atoms with Crippen molar-refractivity contribution in [3.63, 3.8) is 0 Å². The molecule has 1 saturated heterocycles. The minimum Gasteiger partial charge on any atom is -0.481 e. The lowest BCUT2D eigenvalue weighted by Gasteiger charge is -2.33. The summed E-state index contributed by atoms with van der Waals surface area (Å²) in [6, 6.07) is 2.52. The highest BCUT2D eigenvalue weighted by Gasteiger charge is 2.26. The second-order valence-corrected chi connectivity index (χ2v) is 8.21. The van der Waals surface area contributed by atoms with E-state index in [1.165, 1.54) is 25.3 Å². The summed E-state index contributed by atoms with van der Waals surface area (Å²) in [6.07, 6.45) is 7.41. The molecule has 0 amide bonds. The van der Waals surface area contributed by atoms with Crippen LogP contribution in [-0.2, 0) is 14.3 Å². The smallest absolute Gasteiger partial charge is 0.303 e. The number of benzene rings is 1. The molecule has 0 atom stereocenters. The number of carbonyl (C=O) groups is 1. The zero-order valence-electron chi connectivity index (χ0n) is 18.4. The van der Waals surface area contributed by atoms with Gasteiger partial charge in [0.1, 0.15) is 30.0 Å². The van der Waals surface area contributed by atoms with Gasteiger partial charge in [-0.2, -0.15) is 0 Å². The molecular formula is C24H30F2N2O4. The number of methoxy groups -OCH3 is 1. The van der Waals surface area contributed by atoms with E-state index in [2.05, 4.69) is 11.6 Å². The van der Waals surface area contributed by atoms with E-state index in [-0.39, 0.29) is 36.3 Å². The normalized spacial score (nSPS) is 18.4. The Bertz CT molecular complexity index is 865. The van der Waals surface area contributed by atoms with E-state index in [4.69, 9.17) is 14.6 Å². The molecule has 1 aliphatic heterocycles. The van der Waals surface area contributed by atoms with Gasteiger partial charge in [0.15, 0.2) is 0 Å². The van der Waals surface area contributed by atoms with Crippen LogP contribution < -0.4 is 4.90 Å².